The number of halogens is 2. The zero-order chi connectivity index (χ0) is 19.0. The van der Waals surface area contributed by atoms with Gasteiger partial charge in [0.15, 0.2) is 17.3 Å². The molecule has 4 aromatic rings. The molecule has 0 saturated carbocycles. The number of nitrogens with zero attached hydrogens (tertiary/aromatic N) is 4. The predicted molar refractivity (Wildman–Crippen MR) is 93.2 cm³/mol. The maximum atomic E-state index is 13.5. The number of aromatic nitrogens is 4. The molecule has 0 aliphatic rings. The largest absolute Gasteiger partial charge is 0.332 e. The molecule has 2 heterocycles. The van der Waals surface area contributed by atoms with E-state index in [1.807, 2.05) is 31.2 Å². The summed E-state index contributed by atoms with van der Waals surface area (Å²) in [7, 11) is 0. The van der Waals surface area contributed by atoms with E-state index in [-0.39, 0.29) is 17.3 Å². The van der Waals surface area contributed by atoms with E-state index >= 15 is 0 Å². The van der Waals surface area contributed by atoms with Crippen LogP contribution in [-0.4, -0.2) is 19.9 Å². The standard InChI is InChI=1S/C19H12F2N4O2/c1-11-2-4-12(5-3-11)18-22-19(27-24-18)17-16(26)8-9-25(23-17)13-6-7-14(20)15(21)10-13/h2-10H,1H3. The van der Waals surface area contributed by atoms with E-state index in [1.54, 1.807) is 0 Å². The van der Waals surface area contributed by atoms with Gasteiger partial charge in [-0.25, -0.2) is 13.5 Å². The Labute approximate surface area is 151 Å². The first-order valence-electron chi connectivity index (χ1n) is 7.98. The minimum atomic E-state index is -1.02. The van der Waals surface area contributed by atoms with Crippen molar-refractivity contribution in [1.29, 1.82) is 0 Å². The van der Waals surface area contributed by atoms with Gasteiger partial charge >= 0.3 is 0 Å². The molecule has 2 aromatic carbocycles. The van der Waals surface area contributed by atoms with Crippen molar-refractivity contribution in [2.75, 3.05) is 0 Å². The molecule has 0 aliphatic carbocycles. The van der Waals surface area contributed by atoms with Crippen LogP contribution in [-0.2, 0) is 0 Å². The Balaban J connectivity index is 1.75. The van der Waals surface area contributed by atoms with E-state index < -0.39 is 17.1 Å². The lowest BCUT2D eigenvalue weighted by Crippen LogP contribution is -2.13. The van der Waals surface area contributed by atoms with Gasteiger partial charge < -0.3 is 4.52 Å². The first-order valence-corrected chi connectivity index (χ1v) is 7.98. The van der Waals surface area contributed by atoms with Crippen LogP contribution in [0.25, 0.3) is 28.7 Å². The topological polar surface area (TPSA) is 73.8 Å². The Hall–Kier alpha value is -3.68. The smallest absolute Gasteiger partial charge is 0.282 e. The molecule has 0 spiro atoms. The molecule has 0 unspecified atom stereocenters. The first-order chi connectivity index (χ1) is 13.0. The lowest BCUT2D eigenvalue weighted by atomic mass is 10.1. The van der Waals surface area contributed by atoms with Crippen molar-refractivity contribution in [2.45, 2.75) is 6.92 Å². The normalized spacial score (nSPS) is 10.9. The number of benzene rings is 2. The zero-order valence-corrected chi connectivity index (χ0v) is 14.1. The van der Waals surface area contributed by atoms with Gasteiger partial charge in [-0.2, -0.15) is 10.1 Å². The molecule has 6 nitrogen and oxygen atoms in total. The van der Waals surface area contributed by atoms with Gasteiger partial charge in [-0.1, -0.05) is 35.0 Å². The molecule has 4 rings (SSSR count). The molecule has 0 N–H and O–H groups in total. The van der Waals surface area contributed by atoms with Gasteiger partial charge in [-0.15, -0.1) is 0 Å². The third-order valence-corrected chi connectivity index (χ3v) is 3.91. The molecule has 0 radical (unpaired) electrons. The summed E-state index contributed by atoms with van der Waals surface area (Å²) >= 11 is 0. The van der Waals surface area contributed by atoms with E-state index in [4.69, 9.17) is 4.52 Å². The predicted octanol–water partition coefficient (Wildman–Crippen LogP) is 3.54. The van der Waals surface area contributed by atoms with Gasteiger partial charge in [0.2, 0.25) is 11.3 Å². The van der Waals surface area contributed by atoms with Crippen LogP contribution in [0, 0.1) is 18.6 Å². The van der Waals surface area contributed by atoms with Crippen LogP contribution in [0.3, 0.4) is 0 Å². The molecule has 0 atom stereocenters. The quantitative estimate of drug-likeness (QED) is 0.554. The fraction of sp³-hybridized carbons (Fsp3) is 0.0526. The molecular formula is C19H12F2N4O2. The van der Waals surface area contributed by atoms with Crippen LogP contribution in [0.1, 0.15) is 5.56 Å². The van der Waals surface area contributed by atoms with Crippen molar-refractivity contribution in [3.05, 3.63) is 82.1 Å². The van der Waals surface area contributed by atoms with Gasteiger partial charge in [-0.3, -0.25) is 4.79 Å². The monoisotopic (exact) mass is 366 g/mol. The summed E-state index contributed by atoms with van der Waals surface area (Å²) in [5, 5.41) is 8.00. The van der Waals surface area contributed by atoms with Crippen molar-refractivity contribution in [3.63, 3.8) is 0 Å². The van der Waals surface area contributed by atoms with Gasteiger partial charge in [0.05, 0.1) is 5.69 Å². The van der Waals surface area contributed by atoms with Crippen LogP contribution < -0.4 is 5.43 Å². The number of hydrogen-bond acceptors (Lipinski definition) is 5. The molecular weight excluding hydrogens is 354 g/mol. The fourth-order valence-corrected chi connectivity index (χ4v) is 2.47. The SMILES string of the molecule is Cc1ccc(-c2noc(-c3nn(-c4ccc(F)c(F)c4)ccc3=O)n2)cc1. The minimum absolute atomic E-state index is 0.0625. The second-order valence-corrected chi connectivity index (χ2v) is 5.86. The lowest BCUT2D eigenvalue weighted by molar-refractivity contribution is 0.429. The second-order valence-electron chi connectivity index (χ2n) is 5.86. The summed E-state index contributed by atoms with van der Waals surface area (Å²) in [4.78, 5) is 16.4. The molecule has 8 heteroatoms. The average Bonchev–Trinajstić information content (AvgIpc) is 3.15. The molecule has 2 aromatic heterocycles. The van der Waals surface area contributed by atoms with E-state index in [9.17, 15) is 13.6 Å². The molecule has 0 aliphatic heterocycles. The van der Waals surface area contributed by atoms with Crippen LogP contribution in [0.15, 0.2) is 64.0 Å². The third-order valence-electron chi connectivity index (χ3n) is 3.91. The summed E-state index contributed by atoms with van der Waals surface area (Å²) in [6.07, 6.45) is 1.34. The number of hydrogen-bond donors (Lipinski definition) is 0. The molecule has 0 bridgehead atoms. The molecule has 0 fully saturated rings. The molecule has 0 amide bonds. The first kappa shape index (κ1) is 16.8. The van der Waals surface area contributed by atoms with Crippen LogP contribution in [0.5, 0.6) is 0 Å². The van der Waals surface area contributed by atoms with Gasteiger partial charge in [0.25, 0.3) is 5.89 Å². The Bertz CT molecular complexity index is 1180. The summed E-state index contributed by atoms with van der Waals surface area (Å²) in [5.41, 5.74) is 1.53. The van der Waals surface area contributed by atoms with Crippen LogP contribution in [0.4, 0.5) is 8.78 Å². The third kappa shape index (κ3) is 3.24. The van der Waals surface area contributed by atoms with Crippen LogP contribution >= 0.6 is 0 Å². The van der Waals surface area contributed by atoms with Gasteiger partial charge in [0.1, 0.15) is 0 Å². The lowest BCUT2D eigenvalue weighted by Gasteiger charge is -2.06. The van der Waals surface area contributed by atoms with Crippen LogP contribution in [0.2, 0.25) is 0 Å². The summed E-state index contributed by atoms with van der Waals surface area (Å²) < 4.78 is 33.0. The highest BCUT2D eigenvalue weighted by molar-refractivity contribution is 5.58. The minimum Gasteiger partial charge on any atom is -0.332 e. The van der Waals surface area contributed by atoms with Gasteiger partial charge in [0, 0.05) is 23.9 Å². The molecule has 134 valence electrons. The summed E-state index contributed by atoms with van der Waals surface area (Å²) in [6.45, 7) is 1.96. The molecule has 27 heavy (non-hydrogen) atoms. The maximum absolute atomic E-state index is 13.5. The Morgan fingerprint density at radius 3 is 2.52 bits per heavy atom. The summed E-state index contributed by atoms with van der Waals surface area (Å²) in [6, 6.07) is 12.0. The fourth-order valence-electron chi connectivity index (χ4n) is 2.47. The van der Waals surface area contributed by atoms with Crippen molar-refractivity contribution >= 4 is 0 Å². The Kier molecular flexibility index (Phi) is 4.08. The van der Waals surface area contributed by atoms with Crippen molar-refractivity contribution in [2.24, 2.45) is 0 Å². The highest BCUT2D eigenvalue weighted by atomic mass is 19.2. The van der Waals surface area contributed by atoms with Crippen molar-refractivity contribution in [3.8, 4) is 28.7 Å². The average molecular weight is 366 g/mol. The second kappa shape index (κ2) is 6.56. The van der Waals surface area contributed by atoms with Crippen molar-refractivity contribution in [1.82, 2.24) is 19.9 Å². The van der Waals surface area contributed by atoms with Crippen molar-refractivity contribution < 1.29 is 13.3 Å². The molecule has 0 saturated heterocycles. The number of rotatable bonds is 3. The number of aryl methyl sites for hydroxylation is 1. The highest BCUT2D eigenvalue weighted by Crippen LogP contribution is 2.20. The van der Waals surface area contributed by atoms with Gasteiger partial charge in [-0.05, 0) is 19.1 Å². The summed E-state index contributed by atoms with van der Waals surface area (Å²) in [5.74, 6) is -1.74. The Morgan fingerprint density at radius 2 is 1.78 bits per heavy atom. The van der Waals surface area contributed by atoms with E-state index in [0.717, 1.165) is 23.3 Å². The highest BCUT2D eigenvalue weighted by Gasteiger charge is 2.16. The maximum Gasteiger partial charge on any atom is 0.282 e. The van der Waals surface area contributed by atoms with E-state index in [0.29, 0.717) is 5.82 Å². The Morgan fingerprint density at radius 1 is 1.00 bits per heavy atom. The zero-order valence-electron chi connectivity index (χ0n) is 14.1. The van der Waals surface area contributed by atoms with E-state index in [2.05, 4.69) is 15.2 Å². The van der Waals surface area contributed by atoms with E-state index in [1.165, 1.54) is 23.0 Å².